The van der Waals surface area contributed by atoms with Gasteiger partial charge in [0.15, 0.2) is 9.84 Å². The van der Waals surface area contributed by atoms with Crippen LogP contribution in [-0.2, 0) is 9.84 Å². The minimum atomic E-state index is -3.31. The minimum Gasteiger partial charge on any atom is -0.315 e. The molecule has 2 rings (SSSR count). The fraction of sp³-hybridized carbons (Fsp3) is 0.533. The number of nitrogens with zero attached hydrogens (tertiary/aromatic N) is 1. The quantitative estimate of drug-likeness (QED) is 0.815. The maximum absolute atomic E-state index is 12.2. The zero-order valence-electron chi connectivity index (χ0n) is 11.7. The summed E-state index contributed by atoms with van der Waals surface area (Å²) in [5.41, 5.74) is 0.728. The largest absolute Gasteiger partial charge is 0.315 e. The van der Waals surface area contributed by atoms with E-state index in [-0.39, 0.29) is 10.6 Å². The summed E-state index contributed by atoms with van der Waals surface area (Å²) in [7, 11) is -3.31. The molecule has 20 heavy (non-hydrogen) atoms. The van der Waals surface area contributed by atoms with Crippen LogP contribution < -0.4 is 5.32 Å². The third kappa shape index (κ3) is 3.59. The highest BCUT2D eigenvalue weighted by atomic mass is 32.2. The molecule has 4 nitrogen and oxygen atoms in total. The molecule has 0 radical (unpaired) electrons. The van der Waals surface area contributed by atoms with Crippen LogP contribution >= 0.6 is 0 Å². The van der Waals surface area contributed by atoms with Crippen LogP contribution in [0.5, 0.6) is 0 Å². The zero-order chi connectivity index (χ0) is 14.6. The SMILES string of the molecule is CC1(CNCCS(=O)(=O)c2cccc(C#N)c2)CCC1. The number of hydrogen-bond donors (Lipinski definition) is 1. The average molecular weight is 292 g/mol. The number of nitriles is 1. The molecule has 0 heterocycles. The second-order valence-electron chi connectivity index (χ2n) is 5.80. The first kappa shape index (κ1) is 15.0. The molecule has 0 amide bonds. The molecule has 0 unspecified atom stereocenters. The van der Waals surface area contributed by atoms with Gasteiger partial charge in [0.25, 0.3) is 0 Å². The second-order valence-corrected chi connectivity index (χ2v) is 7.91. The van der Waals surface area contributed by atoms with Crippen molar-refractivity contribution < 1.29 is 8.42 Å². The van der Waals surface area contributed by atoms with Crippen molar-refractivity contribution in [3.8, 4) is 6.07 Å². The Bertz CT molecular complexity index is 613. The molecule has 1 aliphatic carbocycles. The van der Waals surface area contributed by atoms with Crippen LogP contribution in [0, 0.1) is 16.7 Å². The molecule has 1 fully saturated rings. The predicted molar refractivity (Wildman–Crippen MR) is 78.0 cm³/mol. The summed E-state index contributed by atoms with van der Waals surface area (Å²) in [6, 6.07) is 8.15. The van der Waals surface area contributed by atoms with Crippen molar-refractivity contribution in [1.82, 2.24) is 5.32 Å². The predicted octanol–water partition coefficient (Wildman–Crippen LogP) is 2.11. The molecule has 1 aliphatic rings. The Labute approximate surface area is 120 Å². The summed E-state index contributed by atoms with van der Waals surface area (Å²) in [6.45, 7) is 3.56. The van der Waals surface area contributed by atoms with Crippen molar-refractivity contribution in [3.05, 3.63) is 29.8 Å². The van der Waals surface area contributed by atoms with Crippen LogP contribution in [0.25, 0.3) is 0 Å². The summed E-state index contributed by atoms with van der Waals surface area (Å²) < 4.78 is 24.3. The van der Waals surface area contributed by atoms with Crippen LogP contribution in [0.15, 0.2) is 29.2 Å². The smallest absolute Gasteiger partial charge is 0.179 e. The maximum Gasteiger partial charge on any atom is 0.179 e. The molecule has 0 spiro atoms. The van der Waals surface area contributed by atoms with Gasteiger partial charge in [-0.25, -0.2) is 8.42 Å². The Morgan fingerprint density at radius 2 is 2.15 bits per heavy atom. The van der Waals surface area contributed by atoms with Crippen LogP contribution in [0.4, 0.5) is 0 Å². The number of rotatable bonds is 6. The van der Waals surface area contributed by atoms with E-state index in [2.05, 4.69) is 12.2 Å². The second kappa shape index (κ2) is 5.94. The van der Waals surface area contributed by atoms with Crippen molar-refractivity contribution in [2.24, 2.45) is 5.41 Å². The highest BCUT2D eigenvalue weighted by Gasteiger charge is 2.31. The summed E-state index contributed by atoms with van der Waals surface area (Å²) in [5, 5.41) is 12.0. The normalized spacial score (nSPS) is 17.2. The number of benzene rings is 1. The van der Waals surface area contributed by atoms with Crippen molar-refractivity contribution >= 4 is 9.84 Å². The Hall–Kier alpha value is -1.38. The monoisotopic (exact) mass is 292 g/mol. The summed E-state index contributed by atoms with van der Waals surface area (Å²) in [4.78, 5) is 0.230. The lowest BCUT2D eigenvalue weighted by Gasteiger charge is -2.38. The van der Waals surface area contributed by atoms with Gasteiger partial charge in [0.1, 0.15) is 0 Å². The van der Waals surface area contributed by atoms with Crippen LogP contribution in [0.3, 0.4) is 0 Å². The van der Waals surface area contributed by atoms with E-state index in [1.807, 2.05) is 6.07 Å². The molecule has 1 N–H and O–H groups in total. The molecule has 0 atom stereocenters. The van der Waals surface area contributed by atoms with Gasteiger partial charge in [-0.2, -0.15) is 5.26 Å². The lowest BCUT2D eigenvalue weighted by Crippen LogP contribution is -2.38. The van der Waals surface area contributed by atoms with E-state index in [9.17, 15) is 8.42 Å². The molecule has 0 saturated heterocycles. The Morgan fingerprint density at radius 3 is 2.75 bits per heavy atom. The highest BCUT2D eigenvalue weighted by Crippen LogP contribution is 2.39. The van der Waals surface area contributed by atoms with Gasteiger partial charge in [0.05, 0.1) is 22.3 Å². The van der Waals surface area contributed by atoms with E-state index in [4.69, 9.17) is 5.26 Å². The fourth-order valence-corrected chi connectivity index (χ4v) is 3.67. The number of hydrogen-bond acceptors (Lipinski definition) is 4. The van der Waals surface area contributed by atoms with Gasteiger partial charge in [-0.3, -0.25) is 0 Å². The molecule has 1 aromatic rings. The first-order chi connectivity index (χ1) is 9.45. The summed E-state index contributed by atoms with van der Waals surface area (Å²) in [6.07, 6.45) is 3.71. The average Bonchev–Trinajstić information content (AvgIpc) is 2.42. The number of nitrogens with one attached hydrogen (secondary N) is 1. The Morgan fingerprint density at radius 1 is 1.40 bits per heavy atom. The molecular weight excluding hydrogens is 272 g/mol. The molecular formula is C15H20N2O2S. The van der Waals surface area contributed by atoms with Crippen molar-refractivity contribution in [3.63, 3.8) is 0 Å². The Balaban J connectivity index is 1.89. The third-order valence-corrected chi connectivity index (χ3v) is 5.70. The standard InChI is InChI=1S/C15H20N2O2S/c1-15(6-3-7-15)12-17-8-9-20(18,19)14-5-2-4-13(10-14)11-16/h2,4-5,10,17H,3,6-9,12H2,1H3. The van der Waals surface area contributed by atoms with E-state index in [1.54, 1.807) is 18.2 Å². The van der Waals surface area contributed by atoms with E-state index in [0.717, 1.165) is 6.54 Å². The molecule has 108 valence electrons. The lowest BCUT2D eigenvalue weighted by molar-refractivity contribution is 0.158. The minimum absolute atomic E-state index is 0.0674. The molecule has 5 heteroatoms. The third-order valence-electron chi connectivity index (χ3n) is 3.98. The van der Waals surface area contributed by atoms with Crippen molar-refractivity contribution in [2.75, 3.05) is 18.8 Å². The van der Waals surface area contributed by atoms with Gasteiger partial charge in [-0.15, -0.1) is 0 Å². The zero-order valence-corrected chi connectivity index (χ0v) is 12.5. The summed E-state index contributed by atoms with van der Waals surface area (Å²) >= 11 is 0. The van der Waals surface area contributed by atoms with Gasteiger partial charge in [-0.05, 0) is 36.5 Å². The van der Waals surface area contributed by atoms with E-state index in [1.165, 1.54) is 25.3 Å². The van der Waals surface area contributed by atoms with Gasteiger partial charge in [0.2, 0.25) is 0 Å². The van der Waals surface area contributed by atoms with Crippen molar-refractivity contribution in [2.45, 2.75) is 31.1 Å². The van der Waals surface area contributed by atoms with Gasteiger partial charge in [-0.1, -0.05) is 19.4 Å². The van der Waals surface area contributed by atoms with E-state index >= 15 is 0 Å². The van der Waals surface area contributed by atoms with Crippen LogP contribution in [-0.4, -0.2) is 27.3 Å². The first-order valence-electron chi connectivity index (χ1n) is 6.89. The first-order valence-corrected chi connectivity index (χ1v) is 8.54. The molecule has 1 aromatic carbocycles. The molecule has 1 saturated carbocycles. The maximum atomic E-state index is 12.2. The molecule has 0 aliphatic heterocycles. The summed E-state index contributed by atoms with van der Waals surface area (Å²) in [5.74, 6) is 0.0674. The lowest BCUT2D eigenvalue weighted by atomic mass is 9.70. The van der Waals surface area contributed by atoms with Gasteiger partial charge in [0, 0.05) is 13.1 Å². The van der Waals surface area contributed by atoms with Crippen LogP contribution in [0.2, 0.25) is 0 Å². The van der Waals surface area contributed by atoms with E-state index in [0.29, 0.717) is 17.5 Å². The number of sulfone groups is 1. The fourth-order valence-electron chi connectivity index (χ4n) is 2.43. The highest BCUT2D eigenvalue weighted by molar-refractivity contribution is 7.91. The van der Waals surface area contributed by atoms with Gasteiger partial charge >= 0.3 is 0 Å². The topological polar surface area (TPSA) is 70.0 Å². The molecule has 0 aromatic heterocycles. The molecule has 0 bridgehead atoms. The van der Waals surface area contributed by atoms with E-state index < -0.39 is 9.84 Å². The van der Waals surface area contributed by atoms with Gasteiger partial charge < -0.3 is 5.32 Å². The Kier molecular flexibility index (Phi) is 4.46. The van der Waals surface area contributed by atoms with Crippen LogP contribution in [0.1, 0.15) is 31.7 Å². The van der Waals surface area contributed by atoms with Crippen molar-refractivity contribution in [1.29, 1.82) is 5.26 Å².